The first-order valence-electron chi connectivity index (χ1n) is 5.98. The molecule has 0 heterocycles. The average molecular weight is 339 g/mol. The van der Waals surface area contributed by atoms with Crippen LogP contribution in [0.5, 0.6) is 0 Å². The van der Waals surface area contributed by atoms with Crippen LogP contribution in [0, 0.1) is 5.82 Å². The standard InChI is InChI=1S/C12H16ClFN2O4S/c1-7(3-4-20-2)16-12(17)8-5-11(21(15,18)19)10(14)6-9(8)13/h5-7H,3-4H2,1-2H3,(H,16,17)(H2,15,18,19). The Labute approximate surface area is 127 Å². The predicted molar refractivity (Wildman–Crippen MR) is 76.2 cm³/mol. The third-order valence-electron chi connectivity index (χ3n) is 2.71. The van der Waals surface area contributed by atoms with Crippen LogP contribution < -0.4 is 10.5 Å². The molecule has 1 aromatic carbocycles. The lowest BCUT2D eigenvalue weighted by atomic mass is 10.1. The maximum atomic E-state index is 13.5. The van der Waals surface area contributed by atoms with Crippen molar-refractivity contribution in [2.24, 2.45) is 5.14 Å². The largest absolute Gasteiger partial charge is 0.385 e. The van der Waals surface area contributed by atoms with Crippen molar-refractivity contribution in [3.05, 3.63) is 28.5 Å². The molecule has 1 atom stereocenters. The van der Waals surface area contributed by atoms with Crippen molar-refractivity contribution in [1.82, 2.24) is 5.32 Å². The molecule has 9 heteroatoms. The van der Waals surface area contributed by atoms with Crippen LogP contribution in [0.2, 0.25) is 5.02 Å². The highest BCUT2D eigenvalue weighted by Crippen LogP contribution is 2.23. The normalized spacial score (nSPS) is 13.0. The van der Waals surface area contributed by atoms with Gasteiger partial charge in [0.2, 0.25) is 10.0 Å². The molecule has 1 aromatic rings. The lowest BCUT2D eigenvalue weighted by Crippen LogP contribution is -2.33. The van der Waals surface area contributed by atoms with E-state index in [9.17, 15) is 17.6 Å². The molecular formula is C12H16ClFN2O4S. The number of hydrogen-bond acceptors (Lipinski definition) is 4. The molecule has 0 saturated heterocycles. The molecule has 0 aliphatic rings. The van der Waals surface area contributed by atoms with Crippen LogP contribution in [0.25, 0.3) is 0 Å². The van der Waals surface area contributed by atoms with Gasteiger partial charge in [0.05, 0.1) is 10.6 Å². The number of nitrogens with two attached hydrogens (primary N) is 1. The van der Waals surface area contributed by atoms with E-state index in [1.807, 2.05) is 0 Å². The molecular weight excluding hydrogens is 323 g/mol. The van der Waals surface area contributed by atoms with E-state index < -0.39 is 26.6 Å². The van der Waals surface area contributed by atoms with Crippen LogP contribution in [0.15, 0.2) is 17.0 Å². The van der Waals surface area contributed by atoms with Crippen LogP contribution in [0.4, 0.5) is 4.39 Å². The molecule has 0 bridgehead atoms. The number of halogens is 2. The van der Waals surface area contributed by atoms with E-state index >= 15 is 0 Å². The number of carbonyl (C=O) groups excluding carboxylic acids is 1. The van der Waals surface area contributed by atoms with Crippen LogP contribution in [-0.2, 0) is 14.8 Å². The summed E-state index contributed by atoms with van der Waals surface area (Å²) in [6, 6.07) is 1.35. The van der Waals surface area contributed by atoms with Crippen molar-refractivity contribution in [3.63, 3.8) is 0 Å². The third-order valence-corrected chi connectivity index (χ3v) is 3.94. The van der Waals surface area contributed by atoms with Crippen LogP contribution in [0.1, 0.15) is 23.7 Å². The first kappa shape index (κ1) is 17.8. The quantitative estimate of drug-likeness (QED) is 0.816. The van der Waals surface area contributed by atoms with E-state index in [1.54, 1.807) is 6.92 Å². The van der Waals surface area contributed by atoms with Gasteiger partial charge in [-0.25, -0.2) is 17.9 Å². The summed E-state index contributed by atoms with van der Waals surface area (Å²) in [6.07, 6.45) is 0.559. The molecule has 0 aliphatic carbocycles. The number of rotatable bonds is 6. The second kappa shape index (κ2) is 7.17. The molecule has 0 radical (unpaired) electrons. The van der Waals surface area contributed by atoms with Gasteiger partial charge in [-0.15, -0.1) is 0 Å². The van der Waals surface area contributed by atoms with E-state index in [0.29, 0.717) is 13.0 Å². The van der Waals surface area contributed by atoms with Gasteiger partial charge in [-0.1, -0.05) is 11.6 Å². The van der Waals surface area contributed by atoms with Gasteiger partial charge in [0.15, 0.2) is 0 Å². The fourth-order valence-electron chi connectivity index (χ4n) is 1.59. The zero-order valence-electron chi connectivity index (χ0n) is 11.5. The third kappa shape index (κ3) is 4.92. The molecule has 0 aromatic heterocycles. The molecule has 0 fully saturated rings. The fourth-order valence-corrected chi connectivity index (χ4v) is 2.44. The SMILES string of the molecule is COCCC(C)NC(=O)c1cc(S(N)(=O)=O)c(F)cc1Cl. The van der Waals surface area contributed by atoms with E-state index in [4.69, 9.17) is 21.5 Å². The predicted octanol–water partition coefficient (Wildman–Crippen LogP) is 1.28. The Morgan fingerprint density at radius 2 is 2.14 bits per heavy atom. The lowest BCUT2D eigenvalue weighted by molar-refractivity contribution is 0.0929. The Balaban J connectivity index is 3.05. The van der Waals surface area contributed by atoms with E-state index in [2.05, 4.69) is 5.32 Å². The molecule has 118 valence electrons. The van der Waals surface area contributed by atoms with E-state index in [1.165, 1.54) is 7.11 Å². The summed E-state index contributed by atoms with van der Waals surface area (Å²) >= 11 is 5.77. The molecule has 21 heavy (non-hydrogen) atoms. The Morgan fingerprint density at radius 1 is 1.52 bits per heavy atom. The van der Waals surface area contributed by atoms with E-state index in [0.717, 1.165) is 12.1 Å². The Hall–Kier alpha value is -1.22. The van der Waals surface area contributed by atoms with Crippen molar-refractivity contribution in [3.8, 4) is 0 Å². The second-order valence-corrected chi connectivity index (χ2v) is 6.40. The first-order chi connectivity index (χ1) is 9.66. The molecule has 0 saturated carbocycles. The highest BCUT2D eigenvalue weighted by Gasteiger charge is 2.21. The number of ether oxygens (including phenoxy) is 1. The minimum atomic E-state index is -4.28. The minimum absolute atomic E-state index is 0.161. The number of amides is 1. The van der Waals surface area contributed by atoms with Gasteiger partial charge in [0.1, 0.15) is 10.7 Å². The van der Waals surface area contributed by atoms with Crippen molar-refractivity contribution in [2.45, 2.75) is 24.3 Å². The molecule has 1 amide bonds. The topological polar surface area (TPSA) is 98.5 Å². The highest BCUT2D eigenvalue weighted by molar-refractivity contribution is 7.89. The van der Waals surface area contributed by atoms with Gasteiger partial charge in [-0.3, -0.25) is 4.79 Å². The molecule has 3 N–H and O–H groups in total. The van der Waals surface area contributed by atoms with Crippen LogP contribution in [0.3, 0.4) is 0 Å². The molecule has 0 aliphatic heterocycles. The summed E-state index contributed by atoms with van der Waals surface area (Å²) in [4.78, 5) is 11.3. The second-order valence-electron chi connectivity index (χ2n) is 4.46. The van der Waals surface area contributed by atoms with Crippen molar-refractivity contribution >= 4 is 27.5 Å². The van der Waals surface area contributed by atoms with Gasteiger partial charge < -0.3 is 10.1 Å². The highest BCUT2D eigenvalue weighted by atomic mass is 35.5. The summed E-state index contributed by atoms with van der Waals surface area (Å²) in [6.45, 7) is 2.19. The summed E-state index contributed by atoms with van der Waals surface area (Å²) in [5.74, 6) is -1.72. The number of methoxy groups -OCH3 is 1. The number of sulfonamides is 1. The summed E-state index contributed by atoms with van der Waals surface area (Å²) in [5, 5.41) is 7.30. The zero-order chi connectivity index (χ0) is 16.2. The van der Waals surface area contributed by atoms with Gasteiger partial charge in [0.25, 0.3) is 5.91 Å². The maximum absolute atomic E-state index is 13.5. The molecule has 6 nitrogen and oxygen atoms in total. The zero-order valence-corrected chi connectivity index (χ0v) is 13.1. The molecule has 0 spiro atoms. The summed E-state index contributed by atoms with van der Waals surface area (Å²) < 4.78 is 40.9. The number of carbonyl (C=O) groups is 1. The van der Waals surface area contributed by atoms with E-state index in [-0.39, 0.29) is 16.6 Å². The maximum Gasteiger partial charge on any atom is 0.253 e. The molecule has 1 unspecified atom stereocenters. The minimum Gasteiger partial charge on any atom is -0.385 e. The average Bonchev–Trinajstić information content (AvgIpc) is 2.34. The number of benzene rings is 1. The van der Waals surface area contributed by atoms with Gasteiger partial charge in [0, 0.05) is 19.8 Å². The van der Waals surface area contributed by atoms with Crippen molar-refractivity contribution in [2.75, 3.05) is 13.7 Å². The first-order valence-corrected chi connectivity index (χ1v) is 7.91. The van der Waals surface area contributed by atoms with Crippen LogP contribution in [-0.4, -0.2) is 34.1 Å². The van der Waals surface area contributed by atoms with Gasteiger partial charge in [-0.2, -0.15) is 0 Å². The lowest BCUT2D eigenvalue weighted by Gasteiger charge is -2.14. The van der Waals surface area contributed by atoms with Crippen molar-refractivity contribution in [1.29, 1.82) is 0 Å². The Bertz CT molecular complexity index is 636. The van der Waals surface area contributed by atoms with Crippen molar-refractivity contribution < 1.29 is 22.3 Å². The van der Waals surface area contributed by atoms with Gasteiger partial charge >= 0.3 is 0 Å². The number of primary sulfonamides is 1. The summed E-state index contributed by atoms with van der Waals surface area (Å²) in [5.41, 5.74) is -0.161. The van der Waals surface area contributed by atoms with Gasteiger partial charge in [-0.05, 0) is 25.5 Å². The smallest absolute Gasteiger partial charge is 0.253 e. The Morgan fingerprint density at radius 3 is 2.67 bits per heavy atom. The number of nitrogens with one attached hydrogen (secondary N) is 1. The number of hydrogen-bond donors (Lipinski definition) is 2. The Kier molecular flexibility index (Phi) is 6.09. The van der Waals surface area contributed by atoms with Crippen LogP contribution >= 0.6 is 11.6 Å². The molecule has 1 rings (SSSR count). The monoisotopic (exact) mass is 338 g/mol. The summed E-state index contributed by atoms with van der Waals surface area (Å²) in [7, 11) is -2.75. The fraction of sp³-hybridized carbons (Fsp3) is 0.417.